The molecule has 1 heterocycles. The van der Waals surface area contributed by atoms with Crippen molar-refractivity contribution in [2.45, 2.75) is 18.9 Å². The van der Waals surface area contributed by atoms with Gasteiger partial charge in [-0.05, 0) is 36.4 Å². The van der Waals surface area contributed by atoms with Crippen molar-refractivity contribution in [3.8, 4) is 0 Å². The van der Waals surface area contributed by atoms with E-state index in [4.69, 9.17) is 5.73 Å². The van der Waals surface area contributed by atoms with Gasteiger partial charge < -0.3 is 5.73 Å². The van der Waals surface area contributed by atoms with Gasteiger partial charge in [0.05, 0.1) is 5.54 Å². The summed E-state index contributed by atoms with van der Waals surface area (Å²) in [6.07, 6.45) is 0.514. The topological polar surface area (TPSA) is 26.0 Å². The zero-order valence-electron chi connectivity index (χ0n) is 9.11. The maximum Gasteiger partial charge on any atom is 0.126 e. The van der Waals surface area contributed by atoms with Crippen LogP contribution in [0.25, 0.3) is 0 Å². The van der Waals surface area contributed by atoms with Crippen LogP contribution in [0.3, 0.4) is 0 Å². The Balaban J connectivity index is 2.25. The molecule has 1 atom stereocenters. The van der Waals surface area contributed by atoms with Crippen molar-refractivity contribution in [2.24, 2.45) is 5.73 Å². The summed E-state index contributed by atoms with van der Waals surface area (Å²) < 4.78 is 13.5. The number of thiophene rings is 1. The Hall–Kier alpha value is -1.19. The molecule has 0 aliphatic heterocycles. The van der Waals surface area contributed by atoms with Crippen molar-refractivity contribution in [3.05, 3.63) is 58.0 Å². The Bertz CT molecular complexity index is 463. The Morgan fingerprint density at radius 2 is 2.00 bits per heavy atom. The smallest absolute Gasteiger partial charge is 0.126 e. The van der Waals surface area contributed by atoms with Gasteiger partial charge in [-0.1, -0.05) is 24.3 Å². The molecular weight excluding hydrogens is 221 g/mol. The minimum Gasteiger partial charge on any atom is -0.321 e. The van der Waals surface area contributed by atoms with Gasteiger partial charge in [0.25, 0.3) is 0 Å². The molecule has 0 fully saturated rings. The summed E-state index contributed by atoms with van der Waals surface area (Å²) in [5.41, 5.74) is 6.39. The first-order chi connectivity index (χ1) is 7.59. The molecule has 1 nitrogen and oxygen atoms in total. The van der Waals surface area contributed by atoms with E-state index >= 15 is 0 Å². The highest BCUT2D eigenvalue weighted by Crippen LogP contribution is 2.27. The maximum absolute atomic E-state index is 13.5. The molecule has 16 heavy (non-hydrogen) atoms. The SMILES string of the molecule is CC(N)(Cc1ccccc1F)c1cccs1. The van der Waals surface area contributed by atoms with Gasteiger partial charge in [-0.2, -0.15) is 0 Å². The van der Waals surface area contributed by atoms with E-state index in [9.17, 15) is 4.39 Å². The number of hydrogen-bond donors (Lipinski definition) is 1. The fourth-order valence-electron chi connectivity index (χ4n) is 1.73. The van der Waals surface area contributed by atoms with Crippen LogP contribution in [-0.4, -0.2) is 0 Å². The normalized spacial score (nSPS) is 14.7. The molecule has 0 aliphatic rings. The van der Waals surface area contributed by atoms with Crippen LogP contribution in [0.2, 0.25) is 0 Å². The predicted octanol–water partition coefficient (Wildman–Crippen LogP) is 3.30. The van der Waals surface area contributed by atoms with Crippen LogP contribution in [0.1, 0.15) is 17.4 Å². The molecule has 2 rings (SSSR count). The molecule has 84 valence electrons. The average molecular weight is 235 g/mol. The second-order valence-corrected chi connectivity index (χ2v) is 5.11. The molecule has 1 aromatic carbocycles. The number of benzene rings is 1. The van der Waals surface area contributed by atoms with Crippen molar-refractivity contribution < 1.29 is 4.39 Å². The second kappa shape index (κ2) is 4.36. The average Bonchev–Trinajstić information content (AvgIpc) is 2.75. The van der Waals surface area contributed by atoms with E-state index in [0.29, 0.717) is 12.0 Å². The van der Waals surface area contributed by atoms with Gasteiger partial charge in [-0.25, -0.2) is 4.39 Å². The maximum atomic E-state index is 13.5. The van der Waals surface area contributed by atoms with Crippen LogP contribution in [-0.2, 0) is 12.0 Å². The summed E-state index contributed by atoms with van der Waals surface area (Å²) in [5, 5.41) is 1.99. The van der Waals surface area contributed by atoms with E-state index in [0.717, 1.165) is 4.88 Å². The van der Waals surface area contributed by atoms with E-state index in [2.05, 4.69) is 0 Å². The number of nitrogens with two attached hydrogens (primary N) is 1. The quantitative estimate of drug-likeness (QED) is 0.868. The summed E-state index contributed by atoms with van der Waals surface area (Å²) in [7, 11) is 0. The van der Waals surface area contributed by atoms with Gasteiger partial charge in [0.2, 0.25) is 0 Å². The third-order valence-electron chi connectivity index (χ3n) is 2.60. The van der Waals surface area contributed by atoms with Gasteiger partial charge in [0.1, 0.15) is 5.82 Å². The van der Waals surface area contributed by atoms with Crippen LogP contribution in [0.5, 0.6) is 0 Å². The summed E-state index contributed by atoms with van der Waals surface area (Å²) >= 11 is 1.61. The van der Waals surface area contributed by atoms with Gasteiger partial charge in [-0.3, -0.25) is 0 Å². The lowest BCUT2D eigenvalue weighted by atomic mass is 9.92. The lowest BCUT2D eigenvalue weighted by Gasteiger charge is -2.23. The molecule has 0 spiro atoms. The lowest BCUT2D eigenvalue weighted by Crippen LogP contribution is -2.34. The second-order valence-electron chi connectivity index (χ2n) is 4.16. The van der Waals surface area contributed by atoms with E-state index in [1.54, 1.807) is 23.5 Å². The lowest BCUT2D eigenvalue weighted by molar-refractivity contribution is 0.484. The zero-order valence-corrected chi connectivity index (χ0v) is 9.93. The molecule has 0 radical (unpaired) electrons. The van der Waals surface area contributed by atoms with Crippen molar-refractivity contribution in [3.63, 3.8) is 0 Å². The van der Waals surface area contributed by atoms with Crippen molar-refractivity contribution in [2.75, 3.05) is 0 Å². The first-order valence-corrected chi connectivity index (χ1v) is 6.04. The third-order valence-corrected chi connectivity index (χ3v) is 3.75. The molecule has 1 aromatic heterocycles. The minimum atomic E-state index is -0.504. The molecule has 0 saturated carbocycles. The molecule has 0 saturated heterocycles. The van der Waals surface area contributed by atoms with Gasteiger partial charge in [0.15, 0.2) is 0 Å². The Labute approximate surface area is 98.7 Å². The number of halogens is 1. The van der Waals surface area contributed by atoms with Gasteiger partial charge in [-0.15, -0.1) is 11.3 Å². The van der Waals surface area contributed by atoms with Crippen LogP contribution in [0, 0.1) is 5.82 Å². The molecule has 2 N–H and O–H groups in total. The van der Waals surface area contributed by atoms with Crippen LogP contribution in [0.4, 0.5) is 4.39 Å². The zero-order chi connectivity index (χ0) is 11.6. The van der Waals surface area contributed by atoms with E-state index in [1.165, 1.54) is 6.07 Å². The molecule has 1 unspecified atom stereocenters. The number of rotatable bonds is 3. The van der Waals surface area contributed by atoms with E-state index in [1.807, 2.05) is 30.5 Å². The first kappa shape index (κ1) is 11.3. The highest BCUT2D eigenvalue weighted by molar-refractivity contribution is 7.10. The van der Waals surface area contributed by atoms with Crippen molar-refractivity contribution >= 4 is 11.3 Å². The molecular formula is C13H14FNS. The van der Waals surface area contributed by atoms with Gasteiger partial charge >= 0.3 is 0 Å². The summed E-state index contributed by atoms with van der Waals surface area (Å²) in [6.45, 7) is 1.94. The predicted molar refractivity (Wildman–Crippen MR) is 66.0 cm³/mol. The summed E-state index contributed by atoms with van der Waals surface area (Å²) in [6, 6.07) is 10.7. The van der Waals surface area contributed by atoms with E-state index < -0.39 is 5.54 Å². The van der Waals surface area contributed by atoms with Crippen LogP contribution in [0.15, 0.2) is 41.8 Å². The summed E-state index contributed by atoms with van der Waals surface area (Å²) in [4.78, 5) is 1.08. The standard InChI is InChI=1S/C13H14FNS/c1-13(15,12-7-4-8-16-12)9-10-5-2-3-6-11(10)14/h2-8H,9,15H2,1H3. The number of hydrogen-bond acceptors (Lipinski definition) is 2. The summed E-state index contributed by atoms with van der Waals surface area (Å²) in [5.74, 6) is -0.185. The van der Waals surface area contributed by atoms with Crippen molar-refractivity contribution in [1.82, 2.24) is 0 Å². The van der Waals surface area contributed by atoms with Crippen LogP contribution >= 0.6 is 11.3 Å². The highest BCUT2D eigenvalue weighted by atomic mass is 32.1. The molecule has 0 bridgehead atoms. The van der Waals surface area contributed by atoms with Gasteiger partial charge in [0, 0.05) is 4.88 Å². The first-order valence-electron chi connectivity index (χ1n) is 5.16. The Kier molecular flexibility index (Phi) is 3.08. The minimum absolute atomic E-state index is 0.185. The fourth-order valence-corrected chi connectivity index (χ4v) is 2.53. The monoisotopic (exact) mass is 235 g/mol. The Morgan fingerprint density at radius 3 is 2.62 bits per heavy atom. The molecule has 0 amide bonds. The molecule has 0 aliphatic carbocycles. The molecule has 3 heteroatoms. The highest BCUT2D eigenvalue weighted by Gasteiger charge is 2.23. The molecule has 2 aromatic rings. The van der Waals surface area contributed by atoms with E-state index in [-0.39, 0.29) is 5.82 Å². The van der Waals surface area contributed by atoms with Crippen LogP contribution < -0.4 is 5.73 Å². The van der Waals surface area contributed by atoms with Crippen molar-refractivity contribution in [1.29, 1.82) is 0 Å². The Morgan fingerprint density at radius 1 is 1.25 bits per heavy atom. The fraction of sp³-hybridized carbons (Fsp3) is 0.231. The third kappa shape index (κ3) is 2.31. The largest absolute Gasteiger partial charge is 0.321 e.